The van der Waals surface area contributed by atoms with E-state index < -0.39 is 0 Å². The Labute approximate surface area is 139 Å². The highest BCUT2D eigenvalue weighted by Gasteiger charge is 2.30. The maximum Gasteiger partial charge on any atom is 0.409 e. The molecule has 2 fully saturated rings. The number of ether oxygens (including phenoxy) is 1. The van der Waals surface area contributed by atoms with Crippen LogP contribution in [0.5, 0.6) is 0 Å². The molecule has 6 heteroatoms. The van der Waals surface area contributed by atoms with Gasteiger partial charge in [0.1, 0.15) is 0 Å². The lowest BCUT2D eigenvalue weighted by Crippen LogP contribution is -2.54. The van der Waals surface area contributed by atoms with E-state index in [0.29, 0.717) is 25.0 Å². The molecule has 23 heavy (non-hydrogen) atoms. The molecule has 0 aromatic carbocycles. The Kier molecular flexibility index (Phi) is 6.69. The summed E-state index contributed by atoms with van der Waals surface area (Å²) < 4.78 is 5.06. The van der Waals surface area contributed by atoms with Crippen LogP contribution in [0.15, 0.2) is 0 Å². The van der Waals surface area contributed by atoms with Crippen LogP contribution in [0, 0.1) is 5.92 Å². The van der Waals surface area contributed by atoms with Crippen molar-refractivity contribution < 1.29 is 14.3 Å². The predicted molar refractivity (Wildman–Crippen MR) is 89.2 cm³/mol. The van der Waals surface area contributed by atoms with E-state index >= 15 is 0 Å². The van der Waals surface area contributed by atoms with E-state index in [9.17, 15) is 9.59 Å². The molecule has 0 bridgehead atoms. The zero-order valence-corrected chi connectivity index (χ0v) is 14.8. The summed E-state index contributed by atoms with van der Waals surface area (Å²) in [5, 5.41) is 0. The van der Waals surface area contributed by atoms with Crippen LogP contribution in [0.2, 0.25) is 0 Å². The summed E-state index contributed by atoms with van der Waals surface area (Å²) in [6, 6.07) is 0.531. The molecule has 0 aromatic heterocycles. The first-order valence-corrected chi connectivity index (χ1v) is 8.94. The maximum absolute atomic E-state index is 12.1. The van der Waals surface area contributed by atoms with Crippen LogP contribution < -0.4 is 0 Å². The quantitative estimate of drug-likeness (QED) is 0.791. The van der Waals surface area contributed by atoms with Gasteiger partial charge in [0.15, 0.2) is 0 Å². The highest BCUT2D eigenvalue weighted by Crippen LogP contribution is 2.19. The molecule has 0 saturated carbocycles. The van der Waals surface area contributed by atoms with Crippen LogP contribution in [0.3, 0.4) is 0 Å². The number of carbonyl (C=O) groups is 2. The number of amides is 2. The van der Waals surface area contributed by atoms with Crippen LogP contribution >= 0.6 is 0 Å². The summed E-state index contributed by atoms with van der Waals surface area (Å²) in [6.07, 6.45) is 2.46. The van der Waals surface area contributed by atoms with Crippen molar-refractivity contribution in [3.63, 3.8) is 0 Å². The summed E-state index contributed by atoms with van der Waals surface area (Å²) in [4.78, 5) is 30.2. The molecule has 2 rings (SSSR count). The lowest BCUT2D eigenvalue weighted by atomic mass is 10.0. The largest absolute Gasteiger partial charge is 0.450 e. The third-order valence-corrected chi connectivity index (χ3v) is 4.76. The zero-order valence-electron chi connectivity index (χ0n) is 14.8. The Bertz CT molecular complexity index is 398. The number of rotatable bonds is 4. The Morgan fingerprint density at radius 1 is 1.00 bits per heavy atom. The molecule has 0 aromatic rings. The van der Waals surface area contributed by atoms with Crippen molar-refractivity contribution in [1.82, 2.24) is 14.7 Å². The van der Waals surface area contributed by atoms with Gasteiger partial charge >= 0.3 is 6.09 Å². The van der Waals surface area contributed by atoms with Gasteiger partial charge in [-0.3, -0.25) is 9.69 Å². The van der Waals surface area contributed by atoms with Gasteiger partial charge in [-0.25, -0.2) is 4.79 Å². The van der Waals surface area contributed by atoms with Gasteiger partial charge in [-0.05, 0) is 25.7 Å². The molecule has 0 spiro atoms. The third-order valence-electron chi connectivity index (χ3n) is 4.76. The second-order valence-corrected chi connectivity index (χ2v) is 6.93. The zero-order chi connectivity index (χ0) is 16.8. The van der Waals surface area contributed by atoms with Crippen LogP contribution in [-0.4, -0.2) is 78.6 Å². The normalized spacial score (nSPS) is 20.9. The van der Waals surface area contributed by atoms with Gasteiger partial charge in [-0.2, -0.15) is 0 Å². The third kappa shape index (κ3) is 5.09. The molecule has 0 N–H and O–H groups in total. The Balaban J connectivity index is 1.72. The van der Waals surface area contributed by atoms with Gasteiger partial charge in [-0.15, -0.1) is 0 Å². The lowest BCUT2D eigenvalue weighted by molar-refractivity contribution is -0.134. The number of carbonyl (C=O) groups excluding carboxylic acids is 2. The summed E-state index contributed by atoms with van der Waals surface area (Å²) in [5.41, 5.74) is 0. The molecule has 0 atom stereocenters. The van der Waals surface area contributed by atoms with Crippen LogP contribution in [-0.2, 0) is 9.53 Å². The van der Waals surface area contributed by atoms with Crippen molar-refractivity contribution in [2.24, 2.45) is 5.92 Å². The van der Waals surface area contributed by atoms with Gasteiger partial charge in [0.05, 0.1) is 6.61 Å². The number of hydrogen-bond acceptors (Lipinski definition) is 4. The summed E-state index contributed by atoms with van der Waals surface area (Å²) >= 11 is 0. The first-order valence-electron chi connectivity index (χ1n) is 8.94. The molecule has 2 amide bonds. The van der Waals surface area contributed by atoms with E-state index in [1.807, 2.05) is 16.7 Å². The van der Waals surface area contributed by atoms with Gasteiger partial charge < -0.3 is 14.5 Å². The number of nitrogens with zero attached hydrogens (tertiary/aromatic N) is 3. The predicted octanol–water partition coefficient (Wildman–Crippen LogP) is 1.80. The molecule has 0 aliphatic carbocycles. The Morgan fingerprint density at radius 2 is 1.61 bits per heavy atom. The second kappa shape index (κ2) is 8.52. The first-order chi connectivity index (χ1) is 11.0. The van der Waals surface area contributed by atoms with Crippen LogP contribution in [0.25, 0.3) is 0 Å². The molecule has 0 radical (unpaired) electrons. The van der Waals surface area contributed by atoms with E-state index in [1.165, 1.54) is 0 Å². The van der Waals surface area contributed by atoms with Crippen molar-refractivity contribution in [2.75, 3.05) is 45.9 Å². The van der Waals surface area contributed by atoms with E-state index in [1.54, 1.807) is 0 Å². The number of likely N-dealkylation sites (tertiary alicyclic amines) is 1. The Morgan fingerprint density at radius 3 is 2.13 bits per heavy atom. The average molecular weight is 325 g/mol. The van der Waals surface area contributed by atoms with Crippen LogP contribution in [0.1, 0.15) is 40.0 Å². The average Bonchev–Trinajstić information content (AvgIpc) is 2.55. The molecule has 132 valence electrons. The summed E-state index contributed by atoms with van der Waals surface area (Å²) in [7, 11) is 0. The molecular formula is C17H31N3O3. The van der Waals surface area contributed by atoms with E-state index in [0.717, 1.165) is 52.1 Å². The number of hydrogen-bond donors (Lipinski definition) is 0. The van der Waals surface area contributed by atoms with Crippen molar-refractivity contribution in [3.8, 4) is 0 Å². The molecule has 2 heterocycles. The van der Waals surface area contributed by atoms with E-state index in [-0.39, 0.29) is 12.0 Å². The van der Waals surface area contributed by atoms with E-state index in [4.69, 9.17) is 4.74 Å². The van der Waals surface area contributed by atoms with Gasteiger partial charge in [0, 0.05) is 51.7 Å². The molecule has 2 aliphatic rings. The Hall–Kier alpha value is -1.30. The van der Waals surface area contributed by atoms with Crippen molar-refractivity contribution >= 4 is 12.0 Å². The second-order valence-electron chi connectivity index (χ2n) is 6.93. The molecule has 2 saturated heterocycles. The van der Waals surface area contributed by atoms with Crippen molar-refractivity contribution in [2.45, 2.75) is 46.1 Å². The summed E-state index contributed by atoms with van der Waals surface area (Å²) in [5.74, 6) is 0.713. The lowest BCUT2D eigenvalue weighted by Gasteiger charge is -2.42. The minimum atomic E-state index is -0.185. The minimum absolute atomic E-state index is 0.185. The SMILES string of the molecule is CCOC(=O)N1CCC(N2CCN(C(=O)CC(C)C)CC2)CC1. The fourth-order valence-electron chi connectivity index (χ4n) is 3.44. The van der Waals surface area contributed by atoms with Gasteiger partial charge in [-0.1, -0.05) is 13.8 Å². The number of piperazine rings is 1. The molecule has 6 nitrogen and oxygen atoms in total. The molecular weight excluding hydrogens is 294 g/mol. The molecule has 0 unspecified atom stereocenters. The fourth-order valence-corrected chi connectivity index (χ4v) is 3.44. The van der Waals surface area contributed by atoms with Crippen LogP contribution in [0.4, 0.5) is 4.79 Å². The van der Waals surface area contributed by atoms with Crippen molar-refractivity contribution in [3.05, 3.63) is 0 Å². The highest BCUT2D eigenvalue weighted by atomic mass is 16.6. The smallest absolute Gasteiger partial charge is 0.409 e. The summed E-state index contributed by atoms with van der Waals surface area (Å²) in [6.45, 7) is 11.6. The van der Waals surface area contributed by atoms with Crippen molar-refractivity contribution in [1.29, 1.82) is 0 Å². The minimum Gasteiger partial charge on any atom is -0.450 e. The highest BCUT2D eigenvalue weighted by molar-refractivity contribution is 5.76. The molecule has 2 aliphatic heterocycles. The standard InChI is InChI=1S/C17H31N3O3/c1-4-23-17(22)20-7-5-15(6-8-20)18-9-11-19(12-10-18)16(21)13-14(2)3/h14-15H,4-13H2,1-3H3. The van der Waals surface area contributed by atoms with E-state index in [2.05, 4.69) is 18.7 Å². The van der Waals surface area contributed by atoms with Gasteiger partial charge in [0.25, 0.3) is 0 Å². The topological polar surface area (TPSA) is 53.1 Å². The number of piperidine rings is 1. The first kappa shape index (κ1) is 18.0. The van der Waals surface area contributed by atoms with Gasteiger partial charge in [0.2, 0.25) is 5.91 Å². The fraction of sp³-hybridized carbons (Fsp3) is 0.882. The monoisotopic (exact) mass is 325 g/mol. The maximum atomic E-state index is 12.1.